The first kappa shape index (κ1) is 28.4. The van der Waals surface area contributed by atoms with Crippen molar-refractivity contribution in [3.05, 3.63) is 47.2 Å². The Morgan fingerprint density at radius 3 is 2.51 bits per heavy atom. The molecule has 0 bridgehead atoms. The van der Waals surface area contributed by atoms with Crippen molar-refractivity contribution in [2.45, 2.75) is 24.1 Å². The number of benzene rings is 2. The second-order valence-corrected chi connectivity index (χ2v) is 12.1. The van der Waals surface area contributed by atoms with E-state index in [0.29, 0.717) is 16.0 Å². The van der Waals surface area contributed by atoms with E-state index in [1.165, 1.54) is 19.2 Å². The molecule has 208 valence electrons. The van der Waals surface area contributed by atoms with E-state index in [-0.39, 0.29) is 41.9 Å². The van der Waals surface area contributed by atoms with Crippen LogP contribution in [0.3, 0.4) is 0 Å². The lowest BCUT2D eigenvalue weighted by molar-refractivity contribution is -0.126. The highest BCUT2D eigenvalue weighted by molar-refractivity contribution is 7.91. The van der Waals surface area contributed by atoms with Crippen LogP contribution < -0.4 is 16.0 Å². The molecule has 0 radical (unpaired) electrons. The molecule has 1 saturated carbocycles. The number of ether oxygens (including phenoxy) is 2. The molecule has 14 heteroatoms. The zero-order chi connectivity index (χ0) is 28.2. The fourth-order valence-corrected chi connectivity index (χ4v) is 6.19. The molecular formula is C25H27FN4O7S2. The minimum Gasteiger partial charge on any atom is -0.447 e. The summed E-state index contributed by atoms with van der Waals surface area (Å²) in [4.78, 5) is 40.7. The van der Waals surface area contributed by atoms with Gasteiger partial charge in [0.25, 0.3) is 0 Å². The maximum absolute atomic E-state index is 15.0. The number of thiazole rings is 1. The van der Waals surface area contributed by atoms with Gasteiger partial charge in [-0.05, 0) is 36.6 Å². The molecule has 0 saturated heterocycles. The van der Waals surface area contributed by atoms with E-state index in [2.05, 4.69) is 20.9 Å². The second-order valence-electron chi connectivity index (χ2n) is 8.95. The van der Waals surface area contributed by atoms with Crippen LogP contribution in [-0.2, 0) is 28.9 Å². The smallest absolute Gasteiger partial charge is 0.411 e. The fourth-order valence-electron chi connectivity index (χ4n) is 3.66. The van der Waals surface area contributed by atoms with Crippen LogP contribution in [-0.4, -0.2) is 70.5 Å². The molecule has 1 fully saturated rings. The largest absolute Gasteiger partial charge is 0.447 e. The predicted octanol–water partition coefficient (Wildman–Crippen LogP) is 2.78. The maximum Gasteiger partial charge on any atom is 0.411 e. The standard InChI is InChI=1S/C25H27FN4O7S2/c1-36-9-10-37-25(33)29-16-5-3-14(4-6-16)17-11-20-19(12-18(17)26)30-24(38-20)22(39(2,34)35)23(32)27-13-21(31)28-15-7-8-15/h3-6,11-12,15,22H,7-10,13H2,1-2H3,(H,27,32)(H,28,31)(H,29,33). The summed E-state index contributed by atoms with van der Waals surface area (Å²) >= 11 is 0.952. The molecule has 0 aliphatic heterocycles. The number of aromatic nitrogens is 1. The number of sulfone groups is 1. The Morgan fingerprint density at radius 1 is 1.15 bits per heavy atom. The number of hydrogen-bond acceptors (Lipinski definition) is 9. The fraction of sp³-hybridized carbons (Fsp3) is 0.360. The number of nitrogens with zero attached hydrogens (tertiary/aromatic N) is 1. The van der Waals surface area contributed by atoms with Gasteiger partial charge in [0.1, 0.15) is 17.4 Å². The van der Waals surface area contributed by atoms with Crippen molar-refractivity contribution in [1.82, 2.24) is 15.6 Å². The molecule has 3 N–H and O–H groups in total. The molecule has 1 atom stereocenters. The molecule has 1 heterocycles. The molecule has 39 heavy (non-hydrogen) atoms. The molecule has 4 rings (SSSR count). The number of carbonyl (C=O) groups excluding carboxylic acids is 3. The Kier molecular flexibility index (Phi) is 8.77. The van der Waals surface area contributed by atoms with Crippen LogP contribution in [0.25, 0.3) is 21.3 Å². The molecule has 3 aromatic rings. The van der Waals surface area contributed by atoms with Gasteiger partial charge in [-0.25, -0.2) is 22.6 Å². The second kappa shape index (κ2) is 12.1. The van der Waals surface area contributed by atoms with Gasteiger partial charge >= 0.3 is 6.09 Å². The first-order valence-electron chi connectivity index (χ1n) is 11.9. The van der Waals surface area contributed by atoms with Crippen LogP contribution in [0.5, 0.6) is 0 Å². The summed E-state index contributed by atoms with van der Waals surface area (Å²) in [6.45, 7) is 0.00137. The number of hydrogen-bond donors (Lipinski definition) is 3. The summed E-state index contributed by atoms with van der Waals surface area (Å²) < 4.78 is 50.3. The molecule has 1 aliphatic rings. The number of amides is 3. The van der Waals surface area contributed by atoms with Gasteiger partial charge < -0.3 is 20.1 Å². The topological polar surface area (TPSA) is 153 Å². The average molecular weight is 579 g/mol. The van der Waals surface area contributed by atoms with Crippen LogP contribution in [0.2, 0.25) is 0 Å². The Hall–Kier alpha value is -3.62. The van der Waals surface area contributed by atoms with Crippen molar-refractivity contribution in [2.75, 3.05) is 38.4 Å². The highest BCUT2D eigenvalue weighted by atomic mass is 32.2. The van der Waals surface area contributed by atoms with Gasteiger partial charge in [-0.1, -0.05) is 12.1 Å². The van der Waals surface area contributed by atoms with Crippen molar-refractivity contribution >= 4 is 55.0 Å². The molecule has 0 spiro atoms. The van der Waals surface area contributed by atoms with Crippen molar-refractivity contribution < 1.29 is 36.7 Å². The molecule has 2 aromatic carbocycles. The number of nitrogens with one attached hydrogen (secondary N) is 3. The highest BCUT2D eigenvalue weighted by Crippen LogP contribution is 2.35. The first-order valence-corrected chi connectivity index (χ1v) is 14.7. The molecule has 1 unspecified atom stereocenters. The van der Waals surface area contributed by atoms with Crippen LogP contribution in [0, 0.1) is 5.82 Å². The minimum atomic E-state index is -3.96. The van der Waals surface area contributed by atoms with Gasteiger partial charge in [0.05, 0.1) is 23.4 Å². The third kappa shape index (κ3) is 7.49. The van der Waals surface area contributed by atoms with E-state index in [1.807, 2.05) is 0 Å². The van der Waals surface area contributed by atoms with Gasteiger partial charge in [-0.3, -0.25) is 14.9 Å². The summed E-state index contributed by atoms with van der Waals surface area (Å²) in [5.74, 6) is -1.89. The number of halogens is 1. The van der Waals surface area contributed by atoms with Crippen molar-refractivity contribution in [2.24, 2.45) is 0 Å². The minimum absolute atomic E-state index is 0.0318. The normalized spacial score (nSPS) is 14.0. The van der Waals surface area contributed by atoms with E-state index < -0.39 is 38.8 Å². The first-order chi connectivity index (χ1) is 18.5. The quantitative estimate of drug-likeness (QED) is 0.294. The van der Waals surface area contributed by atoms with Crippen molar-refractivity contribution in [3.8, 4) is 11.1 Å². The Bertz CT molecular complexity index is 1490. The van der Waals surface area contributed by atoms with Gasteiger partial charge in [0, 0.05) is 36.7 Å². The van der Waals surface area contributed by atoms with E-state index in [0.717, 1.165) is 30.4 Å². The third-order valence-electron chi connectivity index (χ3n) is 5.71. The number of rotatable bonds is 11. The van der Waals surface area contributed by atoms with Gasteiger partial charge in [0.15, 0.2) is 15.1 Å². The predicted molar refractivity (Wildman–Crippen MR) is 144 cm³/mol. The average Bonchev–Trinajstić information content (AvgIpc) is 3.59. The molecule has 1 aromatic heterocycles. The van der Waals surface area contributed by atoms with E-state index in [4.69, 9.17) is 9.47 Å². The summed E-state index contributed by atoms with van der Waals surface area (Å²) in [7, 11) is -2.47. The maximum atomic E-state index is 15.0. The van der Waals surface area contributed by atoms with Crippen molar-refractivity contribution in [1.29, 1.82) is 0 Å². The number of anilines is 1. The number of methoxy groups -OCH3 is 1. The van der Waals surface area contributed by atoms with Gasteiger partial charge in [-0.2, -0.15) is 0 Å². The Morgan fingerprint density at radius 2 is 1.87 bits per heavy atom. The Balaban J connectivity index is 1.52. The third-order valence-corrected chi connectivity index (χ3v) is 8.24. The van der Waals surface area contributed by atoms with E-state index in [9.17, 15) is 22.8 Å². The molecule has 1 aliphatic carbocycles. The van der Waals surface area contributed by atoms with E-state index >= 15 is 4.39 Å². The molecule has 11 nitrogen and oxygen atoms in total. The lowest BCUT2D eigenvalue weighted by atomic mass is 10.0. The van der Waals surface area contributed by atoms with E-state index in [1.54, 1.807) is 24.3 Å². The number of fused-ring (bicyclic) bond motifs is 1. The van der Waals surface area contributed by atoms with Crippen LogP contribution >= 0.6 is 11.3 Å². The summed E-state index contributed by atoms with van der Waals surface area (Å²) in [6, 6.07) is 9.17. The lowest BCUT2D eigenvalue weighted by Gasteiger charge is -2.12. The monoisotopic (exact) mass is 578 g/mol. The molecular weight excluding hydrogens is 551 g/mol. The highest BCUT2D eigenvalue weighted by Gasteiger charge is 2.34. The summed E-state index contributed by atoms with van der Waals surface area (Å²) in [5, 5.41) is 5.95. The lowest BCUT2D eigenvalue weighted by Crippen LogP contribution is -2.41. The van der Waals surface area contributed by atoms with Gasteiger partial charge in [0.2, 0.25) is 11.8 Å². The SMILES string of the molecule is COCCOC(=O)Nc1ccc(-c2cc3sc(C(C(=O)NCC(=O)NC4CC4)S(C)(=O)=O)nc3cc2F)cc1. The Labute approximate surface area is 228 Å². The summed E-state index contributed by atoms with van der Waals surface area (Å²) in [6.07, 6.45) is 2.00. The van der Waals surface area contributed by atoms with Crippen LogP contribution in [0.15, 0.2) is 36.4 Å². The molecule has 3 amide bonds. The van der Waals surface area contributed by atoms with Crippen molar-refractivity contribution in [3.63, 3.8) is 0 Å². The zero-order valence-electron chi connectivity index (χ0n) is 21.2. The number of carbonyl (C=O) groups is 3. The van der Waals surface area contributed by atoms with Crippen LogP contribution in [0.1, 0.15) is 23.1 Å². The van der Waals surface area contributed by atoms with Crippen LogP contribution in [0.4, 0.5) is 14.9 Å². The van der Waals surface area contributed by atoms with Gasteiger partial charge in [-0.15, -0.1) is 11.3 Å². The zero-order valence-corrected chi connectivity index (χ0v) is 22.8. The summed E-state index contributed by atoms with van der Waals surface area (Å²) in [5.41, 5.74) is 1.36.